The number of methoxy groups -OCH3 is 1. The van der Waals surface area contributed by atoms with Gasteiger partial charge in [-0.2, -0.15) is 0 Å². The summed E-state index contributed by atoms with van der Waals surface area (Å²) >= 11 is 0. The number of rotatable bonds is 7. The second-order valence-corrected chi connectivity index (χ2v) is 6.53. The molecule has 1 aromatic carbocycles. The van der Waals surface area contributed by atoms with Crippen LogP contribution in [0.15, 0.2) is 53.1 Å². The number of benzene rings is 1. The quantitative estimate of drug-likeness (QED) is 0.776. The summed E-state index contributed by atoms with van der Waals surface area (Å²) in [4.78, 5) is 17.0. The molecule has 1 aliphatic heterocycles. The van der Waals surface area contributed by atoms with E-state index in [1.54, 1.807) is 13.4 Å². The maximum absolute atomic E-state index is 12.9. The van der Waals surface area contributed by atoms with Gasteiger partial charge in [-0.3, -0.25) is 9.69 Å². The van der Waals surface area contributed by atoms with Crippen molar-refractivity contribution in [2.75, 3.05) is 26.7 Å². The van der Waals surface area contributed by atoms with E-state index in [9.17, 15) is 4.79 Å². The van der Waals surface area contributed by atoms with Crippen molar-refractivity contribution in [2.45, 2.75) is 32.0 Å². The average molecular weight is 342 g/mol. The molecule has 134 valence electrons. The highest BCUT2D eigenvalue weighted by Crippen LogP contribution is 2.15. The maximum atomic E-state index is 12.9. The average Bonchev–Trinajstić information content (AvgIpc) is 3.16. The third-order valence-electron chi connectivity index (χ3n) is 4.72. The lowest BCUT2D eigenvalue weighted by atomic mass is 10.1. The molecule has 2 aromatic rings. The molecule has 0 bridgehead atoms. The molecule has 1 fully saturated rings. The molecule has 0 N–H and O–H groups in total. The summed E-state index contributed by atoms with van der Waals surface area (Å²) in [6, 6.07) is 13.9. The minimum absolute atomic E-state index is 0.135. The Labute approximate surface area is 149 Å². The number of hydrogen-bond acceptors (Lipinski definition) is 4. The molecular formula is C20H26N2O3. The first-order chi connectivity index (χ1) is 12.2. The van der Waals surface area contributed by atoms with Gasteiger partial charge in [0.1, 0.15) is 5.76 Å². The lowest BCUT2D eigenvalue weighted by Crippen LogP contribution is -2.44. The lowest BCUT2D eigenvalue weighted by molar-refractivity contribution is -0.134. The van der Waals surface area contributed by atoms with Gasteiger partial charge in [0.05, 0.1) is 25.5 Å². The highest BCUT2D eigenvalue weighted by Gasteiger charge is 2.23. The summed E-state index contributed by atoms with van der Waals surface area (Å²) in [7, 11) is 1.76. The number of ether oxygens (including phenoxy) is 1. The number of carbonyl (C=O) groups excluding carboxylic acids is 1. The molecule has 0 aliphatic carbocycles. The molecule has 0 spiro atoms. The Kier molecular flexibility index (Phi) is 6.25. The van der Waals surface area contributed by atoms with Crippen molar-refractivity contribution in [2.24, 2.45) is 0 Å². The van der Waals surface area contributed by atoms with Crippen LogP contribution in [0.2, 0.25) is 0 Å². The third-order valence-corrected chi connectivity index (χ3v) is 4.72. The summed E-state index contributed by atoms with van der Waals surface area (Å²) in [5.74, 6) is 0.943. The van der Waals surface area contributed by atoms with Crippen molar-refractivity contribution in [3.63, 3.8) is 0 Å². The Morgan fingerprint density at radius 2 is 1.92 bits per heavy atom. The van der Waals surface area contributed by atoms with Crippen molar-refractivity contribution >= 4 is 5.91 Å². The Balaban J connectivity index is 1.62. The van der Waals surface area contributed by atoms with Gasteiger partial charge in [0.15, 0.2) is 0 Å². The Morgan fingerprint density at radius 1 is 1.16 bits per heavy atom. The van der Waals surface area contributed by atoms with Crippen LogP contribution in [-0.2, 0) is 22.6 Å². The Bertz CT molecular complexity index is 634. The summed E-state index contributed by atoms with van der Waals surface area (Å²) in [5.41, 5.74) is 1.13. The van der Waals surface area contributed by atoms with Crippen molar-refractivity contribution in [3.05, 3.63) is 60.1 Å². The van der Waals surface area contributed by atoms with Crippen LogP contribution in [0.25, 0.3) is 0 Å². The maximum Gasteiger partial charge on any atom is 0.237 e. The van der Waals surface area contributed by atoms with Crippen LogP contribution in [0.5, 0.6) is 0 Å². The van der Waals surface area contributed by atoms with E-state index in [1.165, 1.54) is 0 Å². The molecule has 3 rings (SSSR count). The molecule has 2 heterocycles. The molecule has 5 nitrogen and oxygen atoms in total. The lowest BCUT2D eigenvalue weighted by Gasteiger charge is -2.32. The fourth-order valence-corrected chi connectivity index (χ4v) is 3.22. The summed E-state index contributed by atoms with van der Waals surface area (Å²) in [5, 5.41) is 0. The van der Waals surface area contributed by atoms with Crippen LogP contribution >= 0.6 is 0 Å². The second-order valence-electron chi connectivity index (χ2n) is 6.53. The van der Waals surface area contributed by atoms with Crippen LogP contribution in [0, 0.1) is 0 Å². The van der Waals surface area contributed by atoms with Gasteiger partial charge in [0, 0.05) is 26.7 Å². The molecule has 0 atom stereocenters. The molecule has 1 amide bonds. The minimum atomic E-state index is 0.135. The van der Waals surface area contributed by atoms with Gasteiger partial charge in [0.2, 0.25) is 5.91 Å². The largest absolute Gasteiger partial charge is 0.467 e. The summed E-state index contributed by atoms with van der Waals surface area (Å²) < 4.78 is 10.9. The van der Waals surface area contributed by atoms with Crippen LogP contribution < -0.4 is 0 Å². The van der Waals surface area contributed by atoms with Gasteiger partial charge in [-0.25, -0.2) is 0 Å². The van der Waals surface area contributed by atoms with Crippen LogP contribution in [-0.4, -0.2) is 48.6 Å². The Morgan fingerprint density at radius 3 is 2.56 bits per heavy atom. The smallest absolute Gasteiger partial charge is 0.237 e. The van der Waals surface area contributed by atoms with Crippen molar-refractivity contribution < 1.29 is 13.9 Å². The van der Waals surface area contributed by atoms with E-state index in [1.807, 2.05) is 47.4 Å². The first kappa shape index (κ1) is 17.7. The molecule has 1 saturated heterocycles. The van der Waals surface area contributed by atoms with Gasteiger partial charge in [-0.15, -0.1) is 0 Å². The van der Waals surface area contributed by atoms with E-state index in [0.29, 0.717) is 25.7 Å². The van der Waals surface area contributed by atoms with Gasteiger partial charge >= 0.3 is 0 Å². The fraction of sp³-hybridized carbons (Fsp3) is 0.450. The van der Waals surface area contributed by atoms with Gasteiger partial charge < -0.3 is 14.1 Å². The van der Waals surface area contributed by atoms with Gasteiger partial charge in [-0.05, 0) is 30.5 Å². The van der Waals surface area contributed by atoms with E-state index < -0.39 is 0 Å². The predicted octanol–water partition coefficient (Wildman–Crippen LogP) is 2.92. The first-order valence-corrected chi connectivity index (χ1v) is 8.84. The predicted molar refractivity (Wildman–Crippen MR) is 95.9 cm³/mol. The van der Waals surface area contributed by atoms with E-state index in [2.05, 4.69) is 4.90 Å². The van der Waals surface area contributed by atoms with Crippen LogP contribution in [0.1, 0.15) is 24.2 Å². The summed E-state index contributed by atoms with van der Waals surface area (Å²) in [6.07, 6.45) is 3.95. The topological polar surface area (TPSA) is 45.9 Å². The number of furan rings is 1. The van der Waals surface area contributed by atoms with E-state index in [-0.39, 0.29) is 5.91 Å². The zero-order chi connectivity index (χ0) is 17.5. The highest BCUT2D eigenvalue weighted by atomic mass is 16.5. The molecule has 0 radical (unpaired) electrons. The summed E-state index contributed by atoms with van der Waals surface area (Å²) in [6.45, 7) is 3.35. The molecule has 1 aromatic heterocycles. The number of piperidine rings is 1. The minimum Gasteiger partial charge on any atom is -0.467 e. The Hall–Kier alpha value is -2.11. The number of amides is 1. The van der Waals surface area contributed by atoms with Crippen LogP contribution in [0.3, 0.4) is 0 Å². The third kappa shape index (κ3) is 5.18. The number of hydrogen-bond donors (Lipinski definition) is 0. The number of carbonyl (C=O) groups is 1. The number of likely N-dealkylation sites (tertiary alicyclic amines) is 1. The molecule has 0 unspecified atom stereocenters. The van der Waals surface area contributed by atoms with Crippen molar-refractivity contribution in [3.8, 4) is 0 Å². The zero-order valence-electron chi connectivity index (χ0n) is 14.8. The normalized spacial score (nSPS) is 16.0. The first-order valence-electron chi connectivity index (χ1n) is 8.84. The number of nitrogens with zero attached hydrogens (tertiary/aromatic N) is 2. The monoisotopic (exact) mass is 342 g/mol. The molecular weight excluding hydrogens is 316 g/mol. The van der Waals surface area contributed by atoms with Crippen LogP contribution in [0.4, 0.5) is 0 Å². The van der Waals surface area contributed by atoms with E-state index in [4.69, 9.17) is 9.15 Å². The standard InChI is InChI=1S/C20H26N2O3/c1-24-18-9-11-21(12-10-18)16-20(23)22(15-19-8-5-13-25-19)14-17-6-3-2-4-7-17/h2-8,13,18H,9-12,14-16H2,1H3. The van der Waals surface area contributed by atoms with Crippen molar-refractivity contribution in [1.82, 2.24) is 9.80 Å². The van der Waals surface area contributed by atoms with Gasteiger partial charge in [0.25, 0.3) is 0 Å². The highest BCUT2D eigenvalue weighted by molar-refractivity contribution is 5.78. The van der Waals surface area contributed by atoms with E-state index in [0.717, 1.165) is 37.3 Å². The van der Waals surface area contributed by atoms with Crippen molar-refractivity contribution in [1.29, 1.82) is 0 Å². The van der Waals surface area contributed by atoms with Gasteiger partial charge in [-0.1, -0.05) is 30.3 Å². The molecule has 1 aliphatic rings. The molecule has 5 heteroatoms. The fourth-order valence-electron chi connectivity index (χ4n) is 3.22. The molecule has 25 heavy (non-hydrogen) atoms. The SMILES string of the molecule is COC1CCN(CC(=O)N(Cc2ccccc2)Cc2ccco2)CC1. The molecule has 0 saturated carbocycles. The van der Waals surface area contributed by atoms with E-state index >= 15 is 0 Å². The zero-order valence-corrected chi connectivity index (χ0v) is 14.8. The second kappa shape index (κ2) is 8.83.